The number of amides is 1. The number of carbonyl (C=O) groups excluding carboxylic acids is 1. The predicted octanol–water partition coefficient (Wildman–Crippen LogP) is 2.00. The Morgan fingerprint density at radius 3 is 2.70 bits per heavy atom. The van der Waals surface area contributed by atoms with Gasteiger partial charge in [0, 0.05) is 63.4 Å². The zero-order chi connectivity index (χ0) is 18.6. The number of anilines is 1. The molecule has 6 nitrogen and oxygen atoms in total. The van der Waals surface area contributed by atoms with Gasteiger partial charge >= 0.3 is 0 Å². The second-order valence-electron chi connectivity index (χ2n) is 7.68. The van der Waals surface area contributed by atoms with E-state index in [1.807, 2.05) is 15.7 Å². The molecule has 2 aliphatic heterocycles. The number of likely N-dealkylation sites (tertiary alicyclic amines) is 1. The number of aryl methyl sites for hydroxylation is 1. The van der Waals surface area contributed by atoms with Gasteiger partial charge in [-0.2, -0.15) is 0 Å². The van der Waals surface area contributed by atoms with Crippen LogP contribution in [0.4, 0.5) is 5.69 Å². The molecule has 1 unspecified atom stereocenters. The van der Waals surface area contributed by atoms with E-state index in [1.165, 1.54) is 17.7 Å². The number of piperidine rings is 1. The van der Waals surface area contributed by atoms with Crippen molar-refractivity contribution in [1.29, 1.82) is 0 Å². The van der Waals surface area contributed by atoms with Gasteiger partial charge in [-0.3, -0.25) is 9.69 Å². The van der Waals surface area contributed by atoms with Gasteiger partial charge in [-0.05, 0) is 31.4 Å². The molecule has 2 saturated heterocycles. The number of rotatable bonds is 4. The van der Waals surface area contributed by atoms with Gasteiger partial charge in [-0.1, -0.05) is 18.2 Å². The van der Waals surface area contributed by atoms with Crippen LogP contribution in [0.3, 0.4) is 0 Å². The van der Waals surface area contributed by atoms with Crippen molar-refractivity contribution in [3.63, 3.8) is 0 Å². The van der Waals surface area contributed by atoms with Crippen molar-refractivity contribution in [2.24, 2.45) is 0 Å². The van der Waals surface area contributed by atoms with E-state index in [2.05, 4.69) is 46.0 Å². The Morgan fingerprint density at radius 2 is 1.96 bits per heavy atom. The minimum Gasteiger partial charge on any atom is -0.369 e. The largest absolute Gasteiger partial charge is 0.369 e. The summed E-state index contributed by atoms with van der Waals surface area (Å²) in [6.07, 6.45) is 7.58. The van der Waals surface area contributed by atoms with Crippen molar-refractivity contribution < 1.29 is 4.79 Å². The maximum absolute atomic E-state index is 12.6. The van der Waals surface area contributed by atoms with Crippen LogP contribution in [0.1, 0.15) is 18.4 Å². The molecule has 27 heavy (non-hydrogen) atoms. The van der Waals surface area contributed by atoms with E-state index in [-0.39, 0.29) is 5.91 Å². The topological polar surface area (TPSA) is 44.6 Å². The minimum atomic E-state index is 0.205. The van der Waals surface area contributed by atoms with E-state index < -0.39 is 0 Å². The van der Waals surface area contributed by atoms with Crippen LogP contribution in [0.2, 0.25) is 0 Å². The smallest absolute Gasteiger partial charge is 0.242 e. The molecule has 2 aromatic rings. The molecular formula is C21H29N5O. The average Bonchev–Trinajstić information content (AvgIpc) is 3.22. The van der Waals surface area contributed by atoms with Gasteiger partial charge in [-0.25, -0.2) is 4.98 Å². The second-order valence-corrected chi connectivity index (χ2v) is 7.68. The summed E-state index contributed by atoms with van der Waals surface area (Å²) < 4.78 is 1.85. The van der Waals surface area contributed by atoms with Crippen LogP contribution in [-0.2, 0) is 11.3 Å². The minimum absolute atomic E-state index is 0.205. The highest BCUT2D eigenvalue weighted by molar-refractivity contribution is 5.76. The van der Waals surface area contributed by atoms with Crippen LogP contribution in [0, 0.1) is 6.92 Å². The molecule has 0 radical (unpaired) electrons. The first kappa shape index (κ1) is 18.0. The summed E-state index contributed by atoms with van der Waals surface area (Å²) in [4.78, 5) is 23.8. The first-order chi connectivity index (χ1) is 13.2. The predicted molar refractivity (Wildman–Crippen MR) is 107 cm³/mol. The Morgan fingerprint density at radius 1 is 1.15 bits per heavy atom. The normalized spacial score (nSPS) is 21.4. The van der Waals surface area contributed by atoms with E-state index in [4.69, 9.17) is 0 Å². The van der Waals surface area contributed by atoms with Crippen molar-refractivity contribution in [2.75, 3.05) is 44.2 Å². The quantitative estimate of drug-likeness (QED) is 0.829. The van der Waals surface area contributed by atoms with Gasteiger partial charge in [0.25, 0.3) is 0 Å². The van der Waals surface area contributed by atoms with Gasteiger partial charge in [0.2, 0.25) is 5.91 Å². The fourth-order valence-electron chi connectivity index (χ4n) is 4.36. The maximum Gasteiger partial charge on any atom is 0.242 e. The molecule has 144 valence electrons. The molecule has 0 N–H and O–H groups in total. The third kappa shape index (κ3) is 4.16. The van der Waals surface area contributed by atoms with Gasteiger partial charge in [0.1, 0.15) is 6.54 Å². The molecule has 1 aromatic heterocycles. The first-order valence-corrected chi connectivity index (χ1v) is 9.99. The summed E-state index contributed by atoms with van der Waals surface area (Å²) in [5, 5.41) is 0. The zero-order valence-electron chi connectivity index (χ0n) is 16.1. The van der Waals surface area contributed by atoms with Crippen LogP contribution < -0.4 is 4.90 Å². The van der Waals surface area contributed by atoms with Crippen LogP contribution in [0.15, 0.2) is 43.0 Å². The van der Waals surface area contributed by atoms with Crippen molar-refractivity contribution in [1.82, 2.24) is 19.4 Å². The lowest BCUT2D eigenvalue weighted by molar-refractivity contribution is -0.134. The SMILES string of the molecule is Cc1ccccc1N1CCN(C2CCCN(C(=O)Cn3ccnc3)C2)CC1. The summed E-state index contributed by atoms with van der Waals surface area (Å²) >= 11 is 0. The Hall–Kier alpha value is -2.34. The fourth-order valence-corrected chi connectivity index (χ4v) is 4.36. The van der Waals surface area contributed by atoms with E-state index in [9.17, 15) is 4.79 Å². The molecule has 0 aliphatic carbocycles. The number of imidazole rings is 1. The molecule has 0 saturated carbocycles. The molecular weight excluding hydrogens is 338 g/mol. The second kappa shape index (κ2) is 8.13. The Bertz CT molecular complexity index is 752. The molecule has 2 aliphatic rings. The molecule has 6 heteroatoms. The van der Waals surface area contributed by atoms with Crippen molar-refractivity contribution in [3.8, 4) is 0 Å². The highest BCUT2D eigenvalue weighted by Gasteiger charge is 2.30. The molecule has 3 heterocycles. The van der Waals surface area contributed by atoms with E-state index in [1.54, 1.807) is 12.5 Å². The summed E-state index contributed by atoms with van der Waals surface area (Å²) in [7, 11) is 0. The van der Waals surface area contributed by atoms with Gasteiger partial charge in [0.15, 0.2) is 0 Å². The van der Waals surface area contributed by atoms with E-state index in [0.717, 1.165) is 45.7 Å². The number of para-hydroxylation sites is 1. The van der Waals surface area contributed by atoms with Crippen LogP contribution in [0.5, 0.6) is 0 Å². The number of hydrogen-bond donors (Lipinski definition) is 0. The van der Waals surface area contributed by atoms with Gasteiger partial charge < -0.3 is 14.4 Å². The highest BCUT2D eigenvalue weighted by Crippen LogP contribution is 2.23. The monoisotopic (exact) mass is 367 g/mol. The van der Waals surface area contributed by atoms with Gasteiger partial charge in [0.05, 0.1) is 6.33 Å². The average molecular weight is 367 g/mol. The third-order valence-corrected chi connectivity index (χ3v) is 5.91. The molecule has 1 aromatic carbocycles. The maximum atomic E-state index is 12.6. The lowest BCUT2D eigenvalue weighted by atomic mass is 10.0. The summed E-state index contributed by atoms with van der Waals surface area (Å²) in [6, 6.07) is 9.13. The molecule has 1 atom stereocenters. The number of carbonyl (C=O) groups is 1. The molecule has 1 amide bonds. The van der Waals surface area contributed by atoms with Gasteiger partial charge in [-0.15, -0.1) is 0 Å². The van der Waals surface area contributed by atoms with Crippen molar-refractivity contribution >= 4 is 11.6 Å². The Balaban J connectivity index is 1.32. The van der Waals surface area contributed by atoms with E-state index >= 15 is 0 Å². The lowest BCUT2D eigenvalue weighted by Crippen LogP contribution is -2.56. The molecule has 2 fully saturated rings. The van der Waals surface area contributed by atoms with Crippen LogP contribution in [0.25, 0.3) is 0 Å². The Labute approximate surface area is 161 Å². The molecule has 4 rings (SSSR count). The fraction of sp³-hybridized carbons (Fsp3) is 0.524. The lowest BCUT2D eigenvalue weighted by Gasteiger charge is -2.44. The highest BCUT2D eigenvalue weighted by atomic mass is 16.2. The van der Waals surface area contributed by atoms with Crippen molar-refractivity contribution in [2.45, 2.75) is 32.4 Å². The standard InChI is InChI=1S/C21H29N5O/c1-18-5-2-3-7-20(18)25-13-11-24(12-14-25)19-6-4-9-26(15-19)21(27)16-23-10-8-22-17-23/h2-3,5,7-8,10,17,19H,4,6,9,11-16H2,1H3. The first-order valence-electron chi connectivity index (χ1n) is 9.99. The number of aromatic nitrogens is 2. The van der Waals surface area contributed by atoms with E-state index in [0.29, 0.717) is 12.6 Å². The number of piperazine rings is 1. The molecule has 0 spiro atoms. The Kier molecular flexibility index (Phi) is 5.43. The summed E-state index contributed by atoms with van der Waals surface area (Å²) in [6.45, 7) is 8.59. The van der Waals surface area contributed by atoms with Crippen LogP contribution >= 0.6 is 0 Å². The zero-order valence-corrected chi connectivity index (χ0v) is 16.1. The number of benzene rings is 1. The summed E-state index contributed by atoms with van der Waals surface area (Å²) in [5.74, 6) is 0.205. The number of nitrogens with zero attached hydrogens (tertiary/aromatic N) is 5. The number of hydrogen-bond acceptors (Lipinski definition) is 4. The molecule has 0 bridgehead atoms. The van der Waals surface area contributed by atoms with Crippen LogP contribution in [-0.4, -0.2) is 70.6 Å². The van der Waals surface area contributed by atoms with Crippen molar-refractivity contribution in [3.05, 3.63) is 48.5 Å². The summed E-state index contributed by atoms with van der Waals surface area (Å²) in [5.41, 5.74) is 2.71. The third-order valence-electron chi connectivity index (χ3n) is 5.91.